The van der Waals surface area contributed by atoms with Crippen LogP contribution in [0, 0.1) is 18.6 Å². The van der Waals surface area contributed by atoms with E-state index in [-0.39, 0.29) is 17.4 Å². The third kappa shape index (κ3) is 4.03. The van der Waals surface area contributed by atoms with Crippen molar-refractivity contribution in [3.63, 3.8) is 0 Å². The number of nitrogens with zero attached hydrogens (tertiary/aromatic N) is 2. The monoisotopic (exact) mass is 402 g/mol. The Kier molecular flexibility index (Phi) is 5.12. The molecule has 2 aromatic rings. The Hall–Kier alpha value is -2.74. The molecule has 0 spiro atoms. The molecule has 29 heavy (non-hydrogen) atoms. The van der Waals surface area contributed by atoms with Crippen LogP contribution in [-0.4, -0.2) is 36.1 Å². The molecule has 2 aliphatic heterocycles. The minimum absolute atomic E-state index is 0.194. The number of hydrogen-bond acceptors (Lipinski definition) is 5. The average Bonchev–Trinajstić information content (AvgIpc) is 2.69. The molecule has 3 N–H and O–H groups in total. The Bertz CT molecular complexity index is 943. The molecule has 8 heteroatoms. The summed E-state index contributed by atoms with van der Waals surface area (Å²) in [7, 11) is 0. The molecule has 1 amide bonds. The molecule has 1 aromatic carbocycles. The number of fused-ring (bicyclic) bond motifs is 1. The van der Waals surface area contributed by atoms with Crippen molar-refractivity contribution in [2.45, 2.75) is 38.1 Å². The fraction of sp³-hybridized carbons (Fsp3) is 0.429. The van der Waals surface area contributed by atoms with Gasteiger partial charge in [-0.05, 0) is 49.9 Å². The first-order valence-electron chi connectivity index (χ1n) is 9.75. The smallest absolute Gasteiger partial charge is 0.224 e. The second kappa shape index (κ2) is 7.59. The zero-order chi connectivity index (χ0) is 20.6. The lowest BCUT2D eigenvalue weighted by molar-refractivity contribution is -0.116. The number of aromatic nitrogens is 1. The van der Waals surface area contributed by atoms with Crippen LogP contribution in [0.1, 0.15) is 30.4 Å². The Morgan fingerprint density at radius 2 is 2.03 bits per heavy atom. The van der Waals surface area contributed by atoms with Crippen LogP contribution in [0.15, 0.2) is 24.4 Å². The minimum atomic E-state index is -0.524. The third-order valence-corrected chi connectivity index (χ3v) is 5.68. The van der Waals surface area contributed by atoms with E-state index in [0.29, 0.717) is 56.7 Å². The van der Waals surface area contributed by atoms with Crippen LogP contribution >= 0.6 is 0 Å². The highest BCUT2D eigenvalue weighted by Crippen LogP contribution is 2.34. The predicted molar refractivity (Wildman–Crippen MR) is 106 cm³/mol. The van der Waals surface area contributed by atoms with Crippen LogP contribution in [-0.2, 0) is 11.2 Å². The van der Waals surface area contributed by atoms with Crippen LogP contribution in [0.5, 0.6) is 5.75 Å². The molecule has 0 bridgehead atoms. The highest BCUT2D eigenvalue weighted by molar-refractivity contribution is 5.94. The van der Waals surface area contributed by atoms with Gasteiger partial charge < -0.3 is 20.7 Å². The van der Waals surface area contributed by atoms with E-state index >= 15 is 0 Å². The van der Waals surface area contributed by atoms with E-state index in [1.807, 2.05) is 6.92 Å². The Morgan fingerprint density at radius 1 is 1.28 bits per heavy atom. The number of benzene rings is 1. The SMILES string of the molecule is Cc1cc(F)cnc1N1CCC(N)(COc2ccc(F)c3c2CCC(=O)N3)CC1. The maximum absolute atomic E-state index is 14.0. The van der Waals surface area contributed by atoms with Crippen LogP contribution in [0.2, 0.25) is 0 Å². The van der Waals surface area contributed by atoms with Crippen LogP contribution in [0.4, 0.5) is 20.3 Å². The summed E-state index contributed by atoms with van der Waals surface area (Å²) in [6, 6.07) is 4.37. The summed E-state index contributed by atoms with van der Waals surface area (Å²) in [6.07, 6.45) is 3.35. The van der Waals surface area contributed by atoms with Gasteiger partial charge in [-0.1, -0.05) is 0 Å². The Morgan fingerprint density at radius 3 is 2.76 bits per heavy atom. The lowest BCUT2D eigenvalue weighted by Gasteiger charge is -2.40. The second-order valence-electron chi connectivity index (χ2n) is 7.88. The van der Waals surface area contributed by atoms with Crippen LogP contribution in [0.3, 0.4) is 0 Å². The molecule has 4 rings (SSSR count). The number of nitrogens with two attached hydrogens (primary N) is 1. The number of rotatable bonds is 4. The molecule has 1 saturated heterocycles. The van der Waals surface area contributed by atoms with E-state index in [4.69, 9.17) is 10.5 Å². The Balaban J connectivity index is 1.41. The topological polar surface area (TPSA) is 80.5 Å². The fourth-order valence-corrected chi connectivity index (χ4v) is 3.95. The number of nitrogens with one attached hydrogen (secondary N) is 1. The first-order chi connectivity index (χ1) is 13.8. The van der Waals surface area contributed by atoms with Crippen molar-refractivity contribution in [1.82, 2.24) is 4.98 Å². The number of ether oxygens (including phenoxy) is 1. The normalized spacial score (nSPS) is 18.2. The molecule has 2 aliphatic rings. The van der Waals surface area contributed by atoms with E-state index in [0.717, 1.165) is 11.4 Å². The number of aryl methyl sites for hydroxylation is 1. The summed E-state index contributed by atoms with van der Waals surface area (Å²) in [4.78, 5) is 17.9. The molecule has 1 fully saturated rings. The zero-order valence-electron chi connectivity index (χ0n) is 16.3. The molecular formula is C21H24F2N4O2. The maximum atomic E-state index is 14.0. The number of pyridine rings is 1. The highest BCUT2D eigenvalue weighted by Gasteiger charge is 2.33. The lowest BCUT2D eigenvalue weighted by Crippen LogP contribution is -2.54. The van der Waals surface area contributed by atoms with Gasteiger partial charge in [-0.3, -0.25) is 4.79 Å². The molecular weight excluding hydrogens is 378 g/mol. The standard InChI is InChI=1S/C21H24F2N4O2/c1-13-10-14(22)11-25-20(13)27-8-6-21(24,7-9-27)12-29-17-4-3-16(23)19-15(17)2-5-18(28)26-19/h3-4,10-11H,2,5-9,12,24H2,1H3,(H,26,28). The molecule has 0 unspecified atom stereocenters. The van der Waals surface area contributed by atoms with Crippen molar-refractivity contribution in [2.75, 3.05) is 29.9 Å². The lowest BCUT2D eigenvalue weighted by atomic mass is 9.89. The molecule has 3 heterocycles. The van der Waals surface area contributed by atoms with Gasteiger partial charge in [0.15, 0.2) is 0 Å². The average molecular weight is 402 g/mol. The number of anilines is 2. The summed E-state index contributed by atoms with van der Waals surface area (Å²) in [6.45, 7) is 3.52. The van der Waals surface area contributed by atoms with Gasteiger partial charge in [0.05, 0.1) is 17.4 Å². The van der Waals surface area contributed by atoms with Crippen LogP contribution in [0.25, 0.3) is 0 Å². The zero-order valence-corrected chi connectivity index (χ0v) is 16.3. The number of amides is 1. The van der Waals surface area contributed by atoms with E-state index in [2.05, 4.69) is 15.2 Å². The van der Waals surface area contributed by atoms with Gasteiger partial charge in [0.2, 0.25) is 5.91 Å². The fourth-order valence-electron chi connectivity index (χ4n) is 3.95. The third-order valence-electron chi connectivity index (χ3n) is 5.68. The minimum Gasteiger partial charge on any atom is -0.491 e. The molecule has 0 atom stereocenters. The Labute approximate surface area is 168 Å². The summed E-state index contributed by atoms with van der Waals surface area (Å²) in [5.41, 5.74) is 7.72. The number of piperidine rings is 1. The van der Waals surface area contributed by atoms with Crippen molar-refractivity contribution in [3.05, 3.63) is 47.2 Å². The highest BCUT2D eigenvalue weighted by atomic mass is 19.1. The molecule has 0 radical (unpaired) electrons. The second-order valence-corrected chi connectivity index (χ2v) is 7.88. The quantitative estimate of drug-likeness (QED) is 0.822. The summed E-state index contributed by atoms with van der Waals surface area (Å²) >= 11 is 0. The van der Waals surface area contributed by atoms with E-state index in [9.17, 15) is 13.6 Å². The summed E-state index contributed by atoms with van der Waals surface area (Å²) in [5.74, 6) is 0.338. The van der Waals surface area contributed by atoms with Crippen molar-refractivity contribution in [1.29, 1.82) is 0 Å². The maximum Gasteiger partial charge on any atom is 0.224 e. The van der Waals surface area contributed by atoms with Gasteiger partial charge in [0, 0.05) is 25.1 Å². The number of carbonyl (C=O) groups excluding carboxylic acids is 1. The van der Waals surface area contributed by atoms with Gasteiger partial charge in [-0.2, -0.15) is 0 Å². The molecule has 1 aromatic heterocycles. The number of hydrogen-bond donors (Lipinski definition) is 2. The van der Waals surface area contributed by atoms with E-state index < -0.39 is 11.4 Å². The molecule has 6 nitrogen and oxygen atoms in total. The van der Waals surface area contributed by atoms with E-state index in [1.165, 1.54) is 18.3 Å². The summed E-state index contributed by atoms with van der Waals surface area (Å²) in [5, 5.41) is 2.58. The predicted octanol–water partition coefficient (Wildman–Crippen LogP) is 2.93. The van der Waals surface area contributed by atoms with Crippen molar-refractivity contribution in [2.24, 2.45) is 5.73 Å². The van der Waals surface area contributed by atoms with Crippen molar-refractivity contribution >= 4 is 17.4 Å². The van der Waals surface area contributed by atoms with Gasteiger partial charge in [0.25, 0.3) is 0 Å². The first kappa shape index (κ1) is 19.6. The van der Waals surface area contributed by atoms with Gasteiger partial charge in [-0.15, -0.1) is 0 Å². The molecule has 0 aliphatic carbocycles. The summed E-state index contributed by atoms with van der Waals surface area (Å²) < 4.78 is 33.3. The van der Waals surface area contributed by atoms with Crippen LogP contribution < -0.4 is 20.7 Å². The first-order valence-corrected chi connectivity index (χ1v) is 9.75. The van der Waals surface area contributed by atoms with E-state index in [1.54, 1.807) is 6.07 Å². The van der Waals surface area contributed by atoms with Crippen molar-refractivity contribution < 1.29 is 18.3 Å². The van der Waals surface area contributed by atoms with Crippen molar-refractivity contribution in [3.8, 4) is 5.75 Å². The van der Waals surface area contributed by atoms with Gasteiger partial charge in [-0.25, -0.2) is 13.8 Å². The number of carbonyl (C=O) groups is 1. The largest absolute Gasteiger partial charge is 0.491 e. The van der Waals surface area contributed by atoms with Gasteiger partial charge in [0.1, 0.15) is 29.8 Å². The molecule has 154 valence electrons. The molecule has 0 saturated carbocycles. The number of halogens is 2. The van der Waals surface area contributed by atoms with Gasteiger partial charge >= 0.3 is 0 Å².